The number of aliphatic hydroxyl groups excluding tert-OH is 1. The van der Waals surface area contributed by atoms with Gasteiger partial charge in [-0.3, -0.25) is 0 Å². The van der Waals surface area contributed by atoms with Crippen LogP contribution in [0.5, 0.6) is 17.2 Å². The molecule has 5 heteroatoms. The molecule has 5 nitrogen and oxygen atoms in total. The second-order valence-electron chi connectivity index (χ2n) is 5.15. The molecule has 0 fully saturated rings. The first-order chi connectivity index (χ1) is 11.8. The second-order valence-corrected chi connectivity index (χ2v) is 5.15. The Morgan fingerprint density at radius 3 is 2.17 bits per heavy atom. The van der Waals surface area contributed by atoms with Crippen molar-refractivity contribution in [3.8, 4) is 17.2 Å². The monoisotopic (exact) mass is 330 g/mol. The van der Waals surface area contributed by atoms with E-state index in [0.29, 0.717) is 26.3 Å². The zero-order chi connectivity index (χ0) is 17.0. The van der Waals surface area contributed by atoms with Crippen LogP contribution in [0.3, 0.4) is 0 Å². The van der Waals surface area contributed by atoms with Gasteiger partial charge in [0.1, 0.15) is 36.6 Å². The van der Waals surface area contributed by atoms with Gasteiger partial charge in [0, 0.05) is 13.1 Å². The minimum atomic E-state index is -0.565. The highest BCUT2D eigenvalue weighted by atomic mass is 16.5. The van der Waals surface area contributed by atoms with Crippen LogP contribution in [0.1, 0.15) is 0 Å². The first-order valence-electron chi connectivity index (χ1n) is 7.99. The number of rotatable bonds is 11. The van der Waals surface area contributed by atoms with Crippen molar-refractivity contribution in [2.24, 2.45) is 0 Å². The number of aliphatic hydroxyl groups is 1. The van der Waals surface area contributed by atoms with Gasteiger partial charge < -0.3 is 24.6 Å². The van der Waals surface area contributed by atoms with E-state index in [-0.39, 0.29) is 6.61 Å². The van der Waals surface area contributed by atoms with Crippen molar-refractivity contribution in [2.45, 2.75) is 6.10 Å². The first-order valence-corrected chi connectivity index (χ1v) is 7.99. The zero-order valence-electron chi connectivity index (χ0n) is 13.7. The average molecular weight is 330 g/mol. The van der Waals surface area contributed by atoms with Gasteiger partial charge in [0.15, 0.2) is 0 Å². The maximum Gasteiger partial charge on any atom is 0.119 e. The maximum absolute atomic E-state index is 9.86. The van der Waals surface area contributed by atoms with Crippen molar-refractivity contribution in [3.05, 3.63) is 61.5 Å². The molecule has 0 heterocycles. The summed E-state index contributed by atoms with van der Waals surface area (Å²) < 4.78 is 16.4. The zero-order valence-corrected chi connectivity index (χ0v) is 13.7. The topological polar surface area (TPSA) is 60.0 Å². The molecule has 129 valence electrons. The molecule has 1 unspecified atom stereocenters. The molecule has 0 amide bonds. The van der Waals surface area contributed by atoms with Gasteiger partial charge in [-0.05, 0) is 43.3 Å². The van der Waals surface area contributed by atoms with Gasteiger partial charge in [0.25, 0.3) is 0 Å². The third kappa shape index (κ3) is 6.89. The van der Waals surface area contributed by atoms with Crippen LogP contribution in [0, 0.1) is 6.92 Å². The minimum Gasteiger partial charge on any atom is -0.494 e. The molecule has 2 aromatic rings. The summed E-state index contributed by atoms with van der Waals surface area (Å²) in [5.74, 6) is 2.31. The van der Waals surface area contributed by atoms with E-state index in [1.807, 2.05) is 54.6 Å². The van der Waals surface area contributed by atoms with E-state index in [1.165, 1.54) is 0 Å². The molecular weight excluding hydrogens is 306 g/mol. The van der Waals surface area contributed by atoms with Crippen molar-refractivity contribution in [2.75, 3.05) is 32.9 Å². The summed E-state index contributed by atoms with van der Waals surface area (Å²) in [4.78, 5) is 0. The Morgan fingerprint density at radius 1 is 0.875 bits per heavy atom. The number of hydrogen-bond donors (Lipinski definition) is 2. The number of hydrogen-bond acceptors (Lipinski definition) is 5. The number of benzene rings is 2. The van der Waals surface area contributed by atoms with E-state index in [9.17, 15) is 5.11 Å². The molecule has 0 saturated heterocycles. The smallest absolute Gasteiger partial charge is 0.119 e. The largest absolute Gasteiger partial charge is 0.494 e. The quantitative estimate of drug-likeness (QED) is 0.619. The summed E-state index contributed by atoms with van der Waals surface area (Å²) in [6, 6.07) is 16.8. The highest BCUT2D eigenvalue weighted by Gasteiger charge is 2.04. The molecule has 2 N–H and O–H groups in total. The van der Waals surface area contributed by atoms with Gasteiger partial charge in [-0.25, -0.2) is 0 Å². The van der Waals surface area contributed by atoms with Crippen LogP contribution in [0.15, 0.2) is 54.6 Å². The molecule has 2 rings (SSSR count). The highest BCUT2D eigenvalue weighted by Crippen LogP contribution is 2.17. The van der Waals surface area contributed by atoms with Gasteiger partial charge in [0.05, 0.1) is 6.61 Å². The van der Waals surface area contributed by atoms with Crippen molar-refractivity contribution in [1.82, 2.24) is 5.32 Å². The average Bonchev–Trinajstić information content (AvgIpc) is 2.62. The van der Waals surface area contributed by atoms with Crippen LogP contribution in [-0.4, -0.2) is 44.1 Å². The van der Waals surface area contributed by atoms with Crippen molar-refractivity contribution >= 4 is 0 Å². The third-order valence-corrected chi connectivity index (χ3v) is 3.21. The van der Waals surface area contributed by atoms with Gasteiger partial charge in [-0.1, -0.05) is 18.2 Å². The Labute approximate surface area is 143 Å². The van der Waals surface area contributed by atoms with Crippen LogP contribution in [0.25, 0.3) is 0 Å². The molecule has 0 aromatic heterocycles. The molecule has 1 radical (unpaired) electrons. The molecule has 0 spiro atoms. The van der Waals surface area contributed by atoms with E-state index in [2.05, 4.69) is 12.2 Å². The molecule has 0 aliphatic rings. The number of nitrogens with one attached hydrogen (secondary N) is 1. The predicted molar refractivity (Wildman–Crippen MR) is 93.6 cm³/mol. The summed E-state index contributed by atoms with van der Waals surface area (Å²) >= 11 is 0. The van der Waals surface area contributed by atoms with Gasteiger partial charge in [-0.15, -0.1) is 0 Å². The lowest BCUT2D eigenvalue weighted by Gasteiger charge is -2.13. The SMILES string of the molecule is [CH2]COc1ccc(OCCNCC(O)COc2ccccc2)cc1. The Morgan fingerprint density at radius 2 is 1.50 bits per heavy atom. The van der Waals surface area contributed by atoms with Crippen LogP contribution in [-0.2, 0) is 0 Å². The fourth-order valence-corrected chi connectivity index (χ4v) is 2.03. The third-order valence-electron chi connectivity index (χ3n) is 3.21. The summed E-state index contributed by atoms with van der Waals surface area (Å²) in [6.45, 7) is 5.89. The molecule has 1 atom stereocenters. The first kappa shape index (κ1) is 18.1. The molecule has 24 heavy (non-hydrogen) atoms. The Kier molecular flexibility index (Phi) is 7.93. The van der Waals surface area contributed by atoms with Crippen molar-refractivity contribution < 1.29 is 19.3 Å². The lowest BCUT2D eigenvalue weighted by molar-refractivity contribution is 0.105. The summed E-state index contributed by atoms with van der Waals surface area (Å²) in [5.41, 5.74) is 0. The molecular formula is C19H24NO4. The highest BCUT2D eigenvalue weighted by molar-refractivity contribution is 5.31. The number of ether oxygens (including phenoxy) is 3. The van der Waals surface area contributed by atoms with E-state index < -0.39 is 6.10 Å². The molecule has 2 aromatic carbocycles. The van der Waals surface area contributed by atoms with E-state index in [1.54, 1.807) is 0 Å². The standard InChI is InChI=1S/C19H24NO4/c1-2-22-18-8-10-19(11-9-18)23-13-12-20-14-16(21)15-24-17-6-4-3-5-7-17/h3-11,16,20-21H,1-2,12-15H2. The molecule has 0 aliphatic heterocycles. The normalized spacial score (nSPS) is 11.8. The van der Waals surface area contributed by atoms with Gasteiger partial charge >= 0.3 is 0 Å². The fraction of sp³-hybridized carbons (Fsp3) is 0.316. The Hall–Kier alpha value is -2.24. The Bertz CT molecular complexity index is 559. The summed E-state index contributed by atoms with van der Waals surface area (Å²) in [6.07, 6.45) is -0.565. The second kappa shape index (κ2) is 10.5. The van der Waals surface area contributed by atoms with E-state index in [0.717, 1.165) is 17.2 Å². The fourth-order valence-electron chi connectivity index (χ4n) is 2.03. The minimum absolute atomic E-state index is 0.256. The summed E-state index contributed by atoms with van der Waals surface area (Å²) in [5, 5.41) is 13.0. The van der Waals surface area contributed by atoms with Crippen molar-refractivity contribution in [1.29, 1.82) is 0 Å². The van der Waals surface area contributed by atoms with Crippen molar-refractivity contribution in [3.63, 3.8) is 0 Å². The molecule has 0 saturated carbocycles. The maximum atomic E-state index is 9.86. The molecule has 0 aliphatic carbocycles. The van der Waals surface area contributed by atoms with Crippen LogP contribution >= 0.6 is 0 Å². The molecule has 0 bridgehead atoms. The summed E-state index contributed by atoms with van der Waals surface area (Å²) in [7, 11) is 0. The van der Waals surface area contributed by atoms with Crippen LogP contribution in [0.4, 0.5) is 0 Å². The lowest BCUT2D eigenvalue weighted by atomic mass is 10.3. The van der Waals surface area contributed by atoms with Crippen LogP contribution < -0.4 is 19.5 Å². The predicted octanol–water partition coefficient (Wildman–Crippen LogP) is 2.31. The number of para-hydroxylation sites is 1. The van der Waals surface area contributed by atoms with Gasteiger partial charge in [-0.2, -0.15) is 0 Å². The Balaban J connectivity index is 1.54. The van der Waals surface area contributed by atoms with E-state index in [4.69, 9.17) is 14.2 Å². The van der Waals surface area contributed by atoms with E-state index >= 15 is 0 Å². The van der Waals surface area contributed by atoms with Crippen LogP contribution in [0.2, 0.25) is 0 Å². The van der Waals surface area contributed by atoms with Gasteiger partial charge in [0.2, 0.25) is 0 Å². The lowest BCUT2D eigenvalue weighted by Crippen LogP contribution is -2.33.